The predicted octanol–water partition coefficient (Wildman–Crippen LogP) is 4.10. The molecule has 0 atom stereocenters. The number of nitrogens with two attached hydrogens (primary N) is 1. The first kappa shape index (κ1) is 18.8. The molecular weight excluding hydrogens is 461 g/mol. The Kier molecular flexibility index (Phi) is 5.31. The zero-order valence-electron chi connectivity index (χ0n) is 14.3. The van der Waals surface area contributed by atoms with E-state index in [0.29, 0.717) is 0 Å². The Labute approximate surface area is 166 Å². The molecule has 0 amide bonds. The topological polar surface area (TPSA) is 77.5 Å². The van der Waals surface area contributed by atoms with Crippen molar-refractivity contribution in [2.24, 2.45) is 10.1 Å². The molecule has 0 fully saturated rings. The third-order valence-corrected chi connectivity index (χ3v) is 5.93. The Morgan fingerprint density at radius 3 is 2.35 bits per heavy atom. The number of primary sulfonamides is 1. The molecule has 0 radical (unpaired) electrons. The Morgan fingerprint density at radius 2 is 1.73 bits per heavy atom. The standard InChI is InChI=1S/C19H18IN3O2S/c1-13-11-15(12-22-19-6-4-3-5-18(19)20)14(2)23(13)16-7-9-17(10-8-16)26(21,24)25/h3-12H,1-2H3,(H2,21,24,25). The van der Waals surface area contributed by atoms with Gasteiger partial charge in [-0.2, -0.15) is 0 Å². The Morgan fingerprint density at radius 1 is 1.08 bits per heavy atom. The molecule has 134 valence electrons. The number of hydrogen-bond acceptors (Lipinski definition) is 3. The molecule has 2 aromatic carbocycles. The monoisotopic (exact) mass is 479 g/mol. The van der Waals surface area contributed by atoms with E-state index < -0.39 is 10.0 Å². The number of hydrogen-bond donors (Lipinski definition) is 1. The van der Waals surface area contributed by atoms with Gasteiger partial charge in [-0.3, -0.25) is 4.99 Å². The van der Waals surface area contributed by atoms with Crippen LogP contribution in [0.15, 0.2) is 64.5 Å². The zero-order chi connectivity index (χ0) is 18.9. The average Bonchev–Trinajstić information content (AvgIpc) is 2.87. The maximum absolute atomic E-state index is 11.4. The summed E-state index contributed by atoms with van der Waals surface area (Å²) in [5, 5.41) is 5.16. The van der Waals surface area contributed by atoms with Gasteiger partial charge in [0.25, 0.3) is 0 Å². The highest BCUT2D eigenvalue weighted by Crippen LogP contribution is 2.23. The number of sulfonamides is 1. The van der Waals surface area contributed by atoms with E-state index in [2.05, 4.69) is 38.2 Å². The number of nitrogens with zero attached hydrogens (tertiary/aromatic N) is 2. The van der Waals surface area contributed by atoms with Crippen molar-refractivity contribution in [3.63, 3.8) is 0 Å². The van der Waals surface area contributed by atoms with Crippen LogP contribution in [0.5, 0.6) is 0 Å². The SMILES string of the molecule is Cc1cc(C=Nc2ccccc2I)c(C)n1-c1ccc(S(N)(=O)=O)cc1. The fourth-order valence-corrected chi connectivity index (χ4v) is 3.84. The lowest BCUT2D eigenvalue weighted by Gasteiger charge is -2.10. The minimum atomic E-state index is -3.69. The highest BCUT2D eigenvalue weighted by atomic mass is 127. The first-order valence-electron chi connectivity index (χ1n) is 7.88. The minimum absolute atomic E-state index is 0.101. The Hall–Kier alpha value is -1.97. The van der Waals surface area contributed by atoms with Gasteiger partial charge in [0.2, 0.25) is 10.0 Å². The van der Waals surface area contributed by atoms with Crippen LogP contribution in [-0.2, 0) is 10.0 Å². The van der Waals surface area contributed by atoms with E-state index in [1.54, 1.807) is 12.1 Å². The second kappa shape index (κ2) is 7.34. The van der Waals surface area contributed by atoms with Crippen LogP contribution >= 0.6 is 22.6 Å². The van der Waals surface area contributed by atoms with E-state index in [1.165, 1.54) is 12.1 Å². The zero-order valence-corrected chi connectivity index (χ0v) is 17.3. The van der Waals surface area contributed by atoms with Crippen molar-refractivity contribution >= 4 is 44.5 Å². The first-order chi connectivity index (χ1) is 12.3. The molecule has 7 heteroatoms. The van der Waals surface area contributed by atoms with Gasteiger partial charge in [0, 0.05) is 32.4 Å². The van der Waals surface area contributed by atoms with Crippen LogP contribution in [0.2, 0.25) is 0 Å². The molecule has 26 heavy (non-hydrogen) atoms. The summed E-state index contributed by atoms with van der Waals surface area (Å²) in [4.78, 5) is 4.69. The second-order valence-electron chi connectivity index (χ2n) is 5.91. The van der Waals surface area contributed by atoms with Gasteiger partial charge in [-0.15, -0.1) is 0 Å². The molecule has 0 aliphatic carbocycles. The maximum Gasteiger partial charge on any atom is 0.238 e. The van der Waals surface area contributed by atoms with Crippen LogP contribution in [0.1, 0.15) is 17.0 Å². The minimum Gasteiger partial charge on any atom is -0.318 e. The van der Waals surface area contributed by atoms with Crippen molar-refractivity contribution in [3.8, 4) is 5.69 Å². The molecule has 0 spiro atoms. The molecule has 3 rings (SSSR count). The van der Waals surface area contributed by atoms with Gasteiger partial charge in [-0.1, -0.05) is 12.1 Å². The van der Waals surface area contributed by atoms with Crippen LogP contribution in [0.3, 0.4) is 0 Å². The lowest BCUT2D eigenvalue weighted by Crippen LogP contribution is -2.12. The third-order valence-electron chi connectivity index (χ3n) is 4.09. The van der Waals surface area contributed by atoms with Gasteiger partial charge >= 0.3 is 0 Å². The van der Waals surface area contributed by atoms with Crippen LogP contribution in [0.4, 0.5) is 5.69 Å². The summed E-state index contributed by atoms with van der Waals surface area (Å²) in [5.41, 5.74) is 4.88. The van der Waals surface area contributed by atoms with E-state index >= 15 is 0 Å². The number of rotatable bonds is 4. The van der Waals surface area contributed by atoms with Crippen molar-refractivity contribution in [1.82, 2.24) is 4.57 Å². The van der Waals surface area contributed by atoms with E-state index in [4.69, 9.17) is 5.14 Å². The number of para-hydroxylation sites is 1. The molecule has 2 N–H and O–H groups in total. The predicted molar refractivity (Wildman–Crippen MR) is 113 cm³/mol. The number of aliphatic imine (C=N–C) groups is 1. The third kappa shape index (κ3) is 3.89. The van der Waals surface area contributed by atoms with Crippen LogP contribution < -0.4 is 5.14 Å². The van der Waals surface area contributed by atoms with Crippen LogP contribution in [-0.4, -0.2) is 19.2 Å². The summed E-state index contributed by atoms with van der Waals surface area (Å²) < 4.78 is 26.0. The molecule has 0 aliphatic heterocycles. The summed E-state index contributed by atoms with van der Waals surface area (Å²) in [6, 6.07) is 16.5. The highest BCUT2D eigenvalue weighted by molar-refractivity contribution is 14.1. The summed E-state index contributed by atoms with van der Waals surface area (Å²) in [7, 11) is -3.69. The van der Waals surface area contributed by atoms with Crippen molar-refractivity contribution in [2.75, 3.05) is 0 Å². The first-order valence-corrected chi connectivity index (χ1v) is 10.5. The average molecular weight is 479 g/mol. The number of aryl methyl sites for hydroxylation is 1. The summed E-state index contributed by atoms with van der Waals surface area (Å²) in [6.45, 7) is 4.02. The number of aromatic nitrogens is 1. The van der Waals surface area contributed by atoms with Gasteiger partial charge in [0.15, 0.2) is 0 Å². The molecule has 3 aromatic rings. The van der Waals surface area contributed by atoms with Gasteiger partial charge in [0.05, 0.1) is 10.6 Å². The molecular formula is C19H18IN3O2S. The number of benzene rings is 2. The molecule has 0 aliphatic rings. The van der Waals surface area contributed by atoms with Crippen molar-refractivity contribution in [2.45, 2.75) is 18.7 Å². The van der Waals surface area contributed by atoms with Crippen LogP contribution in [0.25, 0.3) is 5.69 Å². The molecule has 1 aromatic heterocycles. The quantitative estimate of drug-likeness (QED) is 0.452. The summed E-state index contributed by atoms with van der Waals surface area (Å²) in [6.07, 6.45) is 1.86. The van der Waals surface area contributed by atoms with E-state index in [0.717, 1.165) is 31.9 Å². The van der Waals surface area contributed by atoms with Crippen molar-refractivity contribution < 1.29 is 8.42 Å². The summed E-state index contributed by atoms with van der Waals surface area (Å²) in [5.74, 6) is 0. The second-order valence-corrected chi connectivity index (χ2v) is 8.63. The molecule has 0 saturated carbocycles. The fourth-order valence-electron chi connectivity index (χ4n) is 2.80. The largest absolute Gasteiger partial charge is 0.318 e. The van der Waals surface area contributed by atoms with Gasteiger partial charge in [0.1, 0.15) is 0 Å². The van der Waals surface area contributed by atoms with E-state index in [9.17, 15) is 8.42 Å². The van der Waals surface area contributed by atoms with Gasteiger partial charge < -0.3 is 4.57 Å². The lowest BCUT2D eigenvalue weighted by atomic mass is 10.2. The number of halogens is 1. The van der Waals surface area contributed by atoms with Gasteiger partial charge in [-0.25, -0.2) is 13.6 Å². The fraction of sp³-hybridized carbons (Fsp3) is 0.105. The lowest BCUT2D eigenvalue weighted by molar-refractivity contribution is 0.598. The Bertz CT molecular complexity index is 1080. The molecule has 5 nitrogen and oxygen atoms in total. The normalized spacial score (nSPS) is 12.0. The van der Waals surface area contributed by atoms with Crippen molar-refractivity contribution in [3.05, 3.63) is 75.1 Å². The smallest absolute Gasteiger partial charge is 0.238 e. The van der Waals surface area contributed by atoms with Gasteiger partial charge in [-0.05, 0) is 78.9 Å². The molecule has 1 heterocycles. The molecule has 0 unspecified atom stereocenters. The Balaban J connectivity index is 1.97. The van der Waals surface area contributed by atoms with Crippen molar-refractivity contribution in [1.29, 1.82) is 0 Å². The van der Waals surface area contributed by atoms with E-state index in [1.807, 2.05) is 44.3 Å². The summed E-state index contributed by atoms with van der Waals surface area (Å²) >= 11 is 2.26. The van der Waals surface area contributed by atoms with E-state index in [-0.39, 0.29) is 4.90 Å². The van der Waals surface area contributed by atoms with Crippen LogP contribution in [0, 0.1) is 17.4 Å². The molecule has 0 saturated heterocycles. The maximum atomic E-state index is 11.4. The highest BCUT2D eigenvalue weighted by Gasteiger charge is 2.12. The molecule has 0 bridgehead atoms.